The van der Waals surface area contributed by atoms with Crippen LogP contribution in [0, 0.1) is 5.92 Å². The van der Waals surface area contributed by atoms with Crippen LogP contribution in [0.3, 0.4) is 0 Å². The molecule has 18 heavy (non-hydrogen) atoms. The third kappa shape index (κ3) is 2.99. The minimum absolute atomic E-state index is 0.00355. The number of ether oxygens (including phenoxy) is 1. The van der Waals surface area contributed by atoms with E-state index in [2.05, 4.69) is 18.8 Å². The fourth-order valence-electron chi connectivity index (χ4n) is 1.82. The Hall–Kier alpha value is -1.61. The van der Waals surface area contributed by atoms with Crippen LogP contribution in [0.15, 0.2) is 30.3 Å². The first-order chi connectivity index (χ1) is 8.70. The van der Waals surface area contributed by atoms with Gasteiger partial charge >= 0.3 is 0 Å². The summed E-state index contributed by atoms with van der Waals surface area (Å²) >= 11 is 0. The standard InChI is InChI=1S/C15H19NO2/c1-11(2)7-8-18-15-9-12(10-17)13-5-3-4-6-14(13)16-15/h3-6,9,11,17H,7-8,10H2,1-2H3. The maximum absolute atomic E-state index is 9.39. The number of fused-ring (bicyclic) bond motifs is 1. The first-order valence-electron chi connectivity index (χ1n) is 6.33. The highest BCUT2D eigenvalue weighted by atomic mass is 16.5. The van der Waals surface area contributed by atoms with E-state index in [1.54, 1.807) is 0 Å². The van der Waals surface area contributed by atoms with Gasteiger partial charge in [-0.3, -0.25) is 0 Å². The highest BCUT2D eigenvalue weighted by Crippen LogP contribution is 2.22. The summed E-state index contributed by atoms with van der Waals surface area (Å²) in [4.78, 5) is 4.45. The molecule has 1 heterocycles. The van der Waals surface area contributed by atoms with Gasteiger partial charge in [0, 0.05) is 11.5 Å². The van der Waals surface area contributed by atoms with Gasteiger partial charge < -0.3 is 9.84 Å². The summed E-state index contributed by atoms with van der Waals surface area (Å²) in [5.74, 6) is 1.21. The molecule has 0 aliphatic rings. The van der Waals surface area contributed by atoms with E-state index in [9.17, 15) is 5.11 Å². The second kappa shape index (κ2) is 5.83. The van der Waals surface area contributed by atoms with Crippen LogP contribution < -0.4 is 4.74 Å². The third-order valence-corrected chi connectivity index (χ3v) is 2.89. The molecular weight excluding hydrogens is 226 g/mol. The van der Waals surface area contributed by atoms with Crippen LogP contribution in [-0.4, -0.2) is 16.7 Å². The molecule has 0 atom stereocenters. The molecule has 2 rings (SSSR count). The minimum Gasteiger partial charge on any atom is -0.478 e. The Morgan fingerprint density at radius 3 is 2.78 bits per heavy atom. The molecular formula is C15H19NO2. The summed E-state index contributed by atoms with van der Waals surface area (Å²) in [6.45, 7) is 4.99. The number of aliphatic hydroxyl groups is 1. The summed E-state index contributed by atoms with van der Waals surface area (Å²) < 4.78 is 5.65. The second-order valence-electron chi connectivity index (χ2n) is 4.83. The molecule has 1 aromatic carbocycles. The highest BCUT2D eigenvalue weighted by Gasteiger charge is 2.05. The van der Waals surface area contributed by atoms with Crippen molar-refractivity contribution in [2.75, 3.05) is 6.61 Å². The van der Waals surface area contributed by atoms with Crippen molar-refractivity contribution in [1.82, 2.24) is 4.98 Å². The number of rotatable bonds is 5. The fourth-order valence-corrected chi connectivity index (χ4v) is 1.82. The van der Waals surface area contributed by atoms with E-state index < -0.39 is 0 Å². The molecule has 0 fully saturated rings. The van der Waals surface area contributed by atoms with Crippen molar-refractivity contribution in [2.24, 2.45) is 5.92 Å². The second-order valence-corrected chi connectivity index (χ2v) is 4.83. The van der Waals surface area contributed by atoms with E-state index in [-0.39, 0.29) is 6.61 Å². The lowest BCUT2D eigenvalue weighted by Crippen LogP contribution is -2.03. The topological polar surface area (TPSA) is 42.4 Å². The zero-order valence-electron chi connectivity index (χ0n) is 10.9. The van der Waals surface area contributed by atoms with Crippen LogP contribution in [-0.2, 0) is 6.61 Å². The molecule has 1 N–H and O–H groups in total. The Morgan fingerprint density at radius 2 is 2.06 bits per heavy atom. The van der Waals surface area contributed by atoms with Crippen LogP contribution in [0.2, 0.25) is 0 Å². The minimum atomic E-state index is 0.00355. The van der Waals surface area contributed by atoms with Crippen molar-refractivity contribution in [3.8, 4) is 5.88 Å². The Morgan fingerprint density at radius 1 is 1.28 bits per heavy atom. The zero-order chi connectivity index (χ0) is 13.0. The number of benzene rings is 1. The number of hydrogen-bond donors (Lipinski definition) is 1. The van der Waals surface area contributed by atoms with Crippen LogP contribution in [0.4, 0.5) is 0 Å². The molecule has 1 aromatic heterocycles. The monoisotopic (exact) mass is 245 g/mol. The first-order valence-corrected chi connectivity index (χ1v) is 6.33. The molecule has 3 heteroatoms. The van der Waals surface area contributed by atoms with Gasteiger partial charge in [0.1, 0.15) is 0 Å². The number of para-hydroxylation sites is 1. The van der Waals surface area contributed by atoms with Gasteiger partial charge in [0.15, 0.2) is 0 Å². The normalized spacial score (nSPS) is 11.1. The summed E-state index contributed by atoms with van der Waals surface area (Å²) in [5.41, 5.74) is 1.73. The van der Waals surface area contributed by atoms with Crippen molar-refractivity contribution in [2.45, 2.75) is 26.9 Å². The zero-order valence-corrected chi connectivity index (χ0v) is 10.9. The molecule has 0 radical (unpaired) electrons. The lowest BCUT2D eigenvalue weighted by Gasteiger charge is -2.10. The van der Waals surface area contributed by atoms with E-state index in [4.69, 9.17) is 4.74 Å². The smallest absolute Gasteiger partial charge is 0.214 e. The van der Waals surface area contributed by atoms with Crippen LogP contribution in [0.25, 0.3) is 10.9 Å². The maximum atomic E-state index is 9.39. The molecule has 0 bridgehead atoms. The Bertz CT molecular complexity index is 523. The maximum Gasteiger partial charge on any atom is 0.214 e. The average Bonchev–Trinajstić information content (AvgIpc) is 2.37. The fraction of sp³-hybridized carbons (Fsp3) is 0.400. The van der Waals surface area contributed by atoms with Crippen molar-refractivity contribution in [3.05, 3.63) is 35.9 Å². The third-order valence-electron chi connectivity index (χ3n) is 2.89. The first kappa shape index (κ1) is 12.8. The molecule has 2 aromatic rings. The van der Waals surface area contributed by atoms with E-state index in [1.165, 1.54) is 0 Å². The molecule has 0 aliphatic heterocycles. The number of nitrogens with zero attached hydrogens (tertiary/aromatic N) is 1. The van der Waals surface area contributed by atoms with Gasteiger partial charge in [0.25, 0.3) is 0 Å². The van der Waals surface area contributed by atoms with Crippen LogP contribution in [0.5, 0.6) is 5.88 Å². The Kier molecular flexibility index (Phi) is 4.15. The number of hydrogen-bond acceptors (Lipinski definition) is 3. The average molecular weight is 245 g/mol. The lowest BCUT2D eigenvalue weighted by atomic mass is 10.1. The molecule has 0 spiro atoms. The van der Waals surface area contributed by atoms with Gasteiger partial charge in [-0.25, -0.2) is 4.98 Å². The molecule has 96 valence electrons. The van der Waals surface area contributed by atoms with Crippen LogP contribution >= 0.6 is 0 Å². The van der Waals surface area contributed by atoms with Crippen molar-refractivity contribution in [3.63, 3.8) is 0 Å². The van der Waals surface area contributed by atoms with Gasteiger partial charge in [-0.2, -0.15) is 0 Å². The van der Waals surface area contributed by atoms with Gasteiger partial charge in [-0.15, -0.1) is 0 Å². The summed E-state index contributed by atoms with van der Waals surface area (Å²) in [7, 11) is 0. The largest absolute Gasteiger partial charge is 0.478 e. The highest BCUT2D eigenvalue weighted by molar-refractivity contribution is 5.82. The van der Waals surface area contributed by atoms with E-state index in [1.807, 2.05) is 30.3 Å². The number of aliphatic hydroxyl groups excluding tert-OH is 1. The summed E-state index contributed by atoms with van der Waals surface area (Å²) in [5, 5.41) is 10.4. The van der Waals surface area contributed by atoms with Crippen molar-refractivity contribution >= 4 is 10.9 Å². The quantitative estimate of drug-likeness (QED) is 0.879. The van der Waals surface area contributed by atoms with Crippen LogP contribution in [0.1, 0.15) is 25.8 Å². The molecule has 3 nitrogen and oxygen atoms in total. The SMILES string of the molecule is CC(C)CCOc1cc(CO)c2ccccc2n1. The van der Waals surface area contributed by atoms with Gasteiger partial charge in [-0.05, 0) is 24.0 Å². The molecule has 0 saturated carbocycles. The van der Waals surface area contributed by atoms with Gasteiger partial charge in [0.05, 0.1) is 18.7 Å². The summed E-state index contributed by atoms with van der Waals surface area (Å²) in [6, 6.07) is 9.61. The van der Waals surface area contributed by atoms with E-state index in [0.29, 0.717) is 18.4 Å². The van der Waals surface area contributed by atoms with Gasteiger partial charge in [-0.1, -0.05) is 32.0 Å². The molecule has 0 amide bonds. The number of aromatic nitrogens is 1. The number of pyridine rings is 1. The Labute approximate surface area is 107 Å². The molecule has 0 unspecified atom stereocenters. The predicted molar refractivity (Wildman–Crippen MR) is 72.6 cm³/mol. The van der Waals surface area contributed by atoms with E-state index >= 15 is 0 Å². The predicted octanol–water partition coefficient (Wildman–Crippen LogP) is 3.15. The van der Waals surface area contributed by atoms with Crippen molar-refractivity contribution in [1.29, 1.82) is 0 Å². The molecule has 0 aliphatic carbocycles. The van der Waals surface area contributed by atoms with Gasteiger partial charge in [0.2, 0.25) is 5.88 Å². The summed E-state index contributed by atoms with van der Waals surface area (Å²) in [6.07, 6.45) is 1.00. The van der Waals surface area contributed by atoms with Crippen molar-refractivity contribution < 1.29 is 9.84 Å². The molecule has 0 saturated heterocycles. The van der Waals surface area contributed by atoms with E-state index in [0.717, 1.165) is 22.9 Å². The Balaban J connectivity index is 2.24. The lowest BCUT2D eigenvalue weighted by molar-refractivity contribution is 0.271.